The number of benzene rings is 1. The lowest BCUT2D eigenvalue weighted by molar-refractivity contribution is -0.147. The van der Waals surface area contributed by atoms with Crippen LogP contribution < -0.4 is 0 Å². The standard InChI is InChI=1S/C19H26N2O4/c1-14-10-17(19(24)25)13-21(11-14)18(23)8-9-20(15(2)22)12-16-6-4-3-5-7-16/h3-7,14,17H,8-13H2,1-2H3,(H,24,25). The third-order valence-electron chi connectivity index (χ3n) is 4.62. The van der Waals surface area contributed by atoms with Crippen LogP contribution >= 0.6 is 0 Å². The summed E-state index contributed by atoms with van der Waals surface area (Å²) in [5.74, 6) is -1.34. The Bertz CT molecular complexity index is 617. The largest absolute Gasteiger partial charge is 0.481 e. The lowest BCUT2D eigenvalue weighted by Crippen LogP contribution is -2.46. The molecule has 2 amide bonds. The van der Waals surface area contributed by atoms with Crippen LogP contribution in [0.2, 0.25) is 0 Å². The van der Waals surface area contributed by atoms with Gasteiger partial charge in [0, 0.05) is 39.5 Å². The maximum Gasteiger partial charge on any atom is 0.308 e. The van der Waals surface area contributed by atoms with Crippen LogP contribution in [0.15, 0.2) is 30.3 Å². The highest BCUT2D eigenvalue weighted by molar-refractivity contribution is 5.79. The molecule has 1 aromatic rings. The molecule has 1 heterocycles. The van der Waals surface area contributed by atoms with Crippen LogP contribution in [-0.4, -0.2) is 52.3 Å². The van der Waals surface area contributed by atoms with E-state index < -0.39 is 11.9 Å². The molecule has 1 N–H and O–H groups in total. The van der Waals surface area contributed by atoms with Crippen LogP contribution in [0.5, 0.6) is 0 Å². The van der Waals surface area contributed by atoms with Crippen molar-refractivity contribution < 1.29 is 19.5 Å². The van der Waals surface area contributed by atoms with Gasteiger partial charge in [-0.05, 0) is 17.9 Å². The van der Waals surface area contributed by atoms with Gasteiger partial charge in [-0.25, -0.2) is 0 Å². The van der Waals surface area contributed by atoms with Gasteiger partial charge in [-0.3, -0.25) is 14.4 Å². The molecule has 0 radical (unpaired) electrons. The van der Waals surface area contributed by atoms with Gasteiger partial charge < -0.3 is 14.9 Å². The number of carbonyl (C=O) groups is 3. The summed E-state index contributed by atoms with van der Waals surface area (Å²) in [5, 5.41) is 9.22. The number of carboxylic acids is 1. The van der Waals surface area contributed by atoms with Crippen molar-refractivity contribution in [1.29, 1.82) is 0 Å². The Morgan fingerprint density at radius 1 is 1.20 bits per heavy atom. The molecular weight excluding hydrogens is 320 g/mol. The predicted molar refractivity (Wildman–Crippen MR) is 93.6 cm³/mol. The molecular formula is C19H26N2O4. The molecule has 2 rings (SSSR count). The fourth-order valence-corrected chi connectivity index (χ4v) is 3.27. The van der Waals surface area contributed by atoms with Crippen molar-refractivity contribution >= 4 is 17.8 Å². The summed E-state index contributed by atoms with van der Waals surface area (Å²) >= 11 is 0. The number of nitrogens with zero attached hydrogens (tertiary/aromatic N) is 2. The molecule has 0 spiro atoms. The average molecular weight is 346 g/mol. The first-order chi connectivity index (χ1) is 11.9. The second-order valence-corrected chi connectivity index (χ2v) is 6.85. The van der Waals surface area contributed by atoms with Crippen LogP contribution in [-0.2, 0) is 20.9 Å². The van der Waals surface area contributed by atoms with E-state index in [4.69, 9.17) is 0 Å². The fraction of sp³-hybridized carbons (Fsp3) is 0.526. The minimum absolute atomic E-state index is 0.0768. The molecule has 25 heavy (non-hydrogen) atoms. The molecule has 6 heteroatoms. The SMILES string of the molecule is CC(=O)N(CCC(=O)N1CC(C)CC(C(=O)O)C1)Cc1ccccc1. The second kappa shape index (κ2) is 8.65. The van der Waals surface area contributed by atoms with E-state index in [2.05, 4.69) is 0 Å². The van der Waals surface area contributed by atoms with Crippen LogP contribution in [0.4, 0.5) is 0 Å². The van der Waals surface area contributed by atoms with Crippen molar-refractivity contribution in [2.45, 2.75) is 33.2 Å². The van der Waals surface area contributed by atoms with Crippen LogP contribution in [0.25, 0.3) is 0 Å². The van der Waals surface area contributed by atoms with Crippen molar-refractivity contribution in [3.05, 3.63) is 35.9 Å². The molecule has 2 unspecified atom stereocenters. The van der Waals surface area contributed by atoms with E-state index in [9.17, 15) is 19.5 Å². The molecule has 1 aromatic carbocycles. The molecule has 0 saturated carbocycles. The van der Waals surface area contributed by atoms with Crippen LogP contribution in [0, 0.1) is 11.8 Å². The van der Waals surface area contributed by atoms with Gasteiger partial charge in [-0.15, -0.1) is 0 Å². The van der Waals surface area contributed by atoms with E-state index in [1.54, 1.807) is 9.80 Å². The summed E-state index contributed by atoms with van der Waals surface area (Å²) in [4.78, 5) is 38.9. The molecule has 0 aliphatic carbocycles. The Balaban J connectivity index is 1.92. The van der Waals surface area contributed by atoms with Gasteiger partial charge in [0.15, 0.2) is 0 Å². The summed E-state index contributed by atoms with van der Waals surface area (Å²) in [7, 11) is 0. The van der Waals surface area contributed by atoms with Crippen molar-refractivity contribution in [2.75, 3.05) is 19.6 Å². The highest BCUT2D eigenvalue weighted by atomic mass is 16.4. The highest BCUT2D eigenvalue weighted by Gasteiger charge is 2.31. The molecule has 0 bridgehead atoms. The third-order valence-corrected chi connectivity index (χ3v) is 4.62. The summed E-state index contributed by atoms with van der Waals surface area (Å²) in [6, 6.07) is 9.64. The first kappa shape index (κ1) is 19.0. The molecule has 0 aromatic heterocycles. The van der Waals surface area contributed by atoms with E-state index in [1.165, 1.54) is 6.92 Å². The number of carboxylic acid groups (broad SMARTS) is 1. The summed E-state index contributed by atoms with van der Waals surface area (Å²) < 4.78 is 0. The third kappa shape index (κ3) is 5.59. The lowest BCUT2D eigenvalue weighted by atomic mass is 9.90. The Hall–Kier alpha value is -2.37. The normalized spacial score (nSPS) is 20.2. The Morgan fingerprint density at radius 2 is 1.88 bits per heavy atom. The minimum atomic E-state index is -0.848. The smallest absolute Gasteiger partial charge is 0.308 e. The molecule has 2 atom stereocenters. The molecule has 1 aliphatic rings. The van der Waals surface area contributed by atoms with Crippen molar-refractivity contribution in [2.24, 2.45) is 11.8 Å². The van der Waals surface area contributed by atoms with Gasteiger partial charge in [0.25, 0.3) is 0 Å². The quantitative estimate of drug-likeness (QED) is 0.854. The number of hydrogen-bond acceptors (Lipinski definition) is 3. The lowest BCUT2D eigenvalue weighted by Gasteiger charge is -2.35. The zero-order valence-corrected chi connectivity index (χ0v) is 14.9. The average Bonchev–Trinajstić information content (AvgIpc) is 2.58. The first-order valence-corrected chi connectivity index (χ1v) is 8.66. The summed E-state index contributed by atoms with van der Waals surface area (Å²) in [6.07, 6.45) is 0.818. The van der Waals surface area contributed by atoms with Crippen molar-refractivity contribution in [3.63, 3.8) is 0 Å². The first-order valence-electron chi connectivity index (χ1n) is 8.66. The molecule has 1 fully saturated rings. The molecule has 1 aliphatic heterocycles. The number of rotatable bonds is 6. The maximum atomic E-state index is 12.5. The van der Waals surface area contributed by atoms with Crippen LogP contribution in [0.1, 0.15) is 32.3 Å². The summed E-state index contributed by atoms with van der Waals surface area (Å²) in [5.41, 5.74) is 1.02. The van der Waals surface area contributed by atoms with Gasteiger partial charge in [0.05, 0.1) is 5.92 Å². The number of amides is 2. The van der Waals surface area contributed by atoms with Gasteiger partial charge >= 0.3 is 5.97 Å². The Labute approximate surface area is 148 Å². The number of carbonyl (C=O) groups excluding carboxylic acids is 2. The number of likely N-dealkylation sites (tertiary alicyclic amines) is 1. The van der Waals surface area contributed by atoms with Crippen molar-refractivity contribution in [1.82, 2.24) is 9.80 Å². The van der Waals surface area contributed by atoms with Gasteiger partial charge in [-0.1, -0.05) is 37.3 Å². The highest BCUT2D eigenvalue weighted by Crippen LogP contribution is 2.22. The predicted octanol–water partition coefficient (Wildman–Crippen LogP) is 1.99. The zero-order chi connectivity index (χ0) is 18.4. The topological polar surface area (TPSA) is 77.9 Å². The van der Waals surface area contributed by atoms with E-state index in [-0.39, 0.29) is 30.7 Å². The van der Waals surface area contributed by atoms with E-state index >= 15 is 0 Å². The Kier molecular flexibility index (Phi) is 6.56. The van der Waals surface area contributed by atoms with Crippen molar-refractivity contribution in [3.8, 4) is 0 Å². The monoisotopic (exact) mass is 346 g/mol. The van der Waals surface area contributed by atoms with Gasteiger partial charge in [0.1, 0.15) is 0 Å². The minimum Gasteiger partial charge on any atom is -0.481 e. The second-order valence-electron chi connectivity index (χ2n) is 6.85. The number of hydrogen-bond donors (Lipinski definition) is 1. The van der Waals surface area contributed by atoms with E-state index in [1.807, 2.05) is 37.3 Å². The molecule has 136 valence electrons. The number of piperidine rings is 1. The Morgan fingerprint density at radius 3 is 2.48 bits per heavy atom. The molecule has 6 nitrogen and oxygen atoms in total. The number of aliphatic carboxylic acids is 1. The molecule has 1 saturated heterocycles. The zero-order valence-electron chi connectivity index (χ0n) is 14.9. The van der Waals surface area contributed by atoms with Gasteiger partial charge in [0.2, 0.25) is 11.8 Å². The van der Waals surface area contributed by atoms with Gasteiger partial charge in [-0.2, -0.15) is 0 Å². The van der Waals surface area contributed by atoms with E-state index in [0.717, 1.165) is 5.56 Å². The van der Waals surface area contributed by atoms with Crippen LogP contribution in [0.3, 0.4) is 0 Å². The fourth-order valence-electron chi connectivity index (χ4n) is 3.27. The van der Waals surface area contributed by atoms with E-state index in [0.29, 0.717) is 26.1 Å². The summed E-state index contributed by atoms with van der Waals surface area (Å²) in [6.45, 7) is 5.12. The maximum absolute atomic E-state index is 12.5.